The van der Waals surface area contributed by atoms with Gasteiger partial charge in [0, 0.05) is 31.9 Å². The number of aliphatic hydroxyl groups is 1. The van der Waals surface area contributed by atoms with Gasteiger partial charge in [0.05, 0.1) is 5.69 Å². The van der Waals surface area contributed by atoms with E-state index in [0.29, 0.717) is 12.6 Å². The Bertz CT molecular complexity index is 368. The highest BCUT2D eigenvalue weighted by atomic mass is 16.3. The van der Waals surface area contributed by atoms with Gasteiger partial charge in [0.2, 0.25) is 0 Å². The number of pyridine rings is 1. The molecule has 3 N–H and O–H groups in total. The lowest BCUT2D eigenvalue weighted by atomic mass is 9.99. The second kappa shape index (κ2) is 6.83. The monoisotopic (exact) mass is 249 g/mol. The molecule has 2 rings (SSSR count). The Morgan fingerprint density at radius 3 is 3.11 bits per heavy atom. The van der Waals surface area contributed by atoms with Crippen LogP contribution in [0.1, 0.15) is 36.9 Å². The molecule has 1 aliphatic heterocycles. The van der Waals surface area contributed by atoms with Crippen molar-refractivity contribution in [1.29, 1.82) is 0 Å². The fourth-order valence-electron chi connectivity index (χ4n) is 2.72. The summed E-state index contributed by atoms with van der Waals surface area (Å²) in [6.07, 6.45) is 6.47. The van der Waals surface area contributed by atoms with Crippen LogP contribution < -0.4 is 5.73 Å². The van der Waals surface area contributed by atoms with Crippen LogP contribution in [-0.4, -0.2) is 34.2 Å². The van der Waals surface area contributed by atoms with Gasteiger partial charge in [-0.05, 0) is 43.5 Å². The van der Waals surface area contributed by atoms with Gasteiger partial charge in [0.1, 0.15) is 0 Å². The first kappa shape index (κ1) is 13.5. The number of hydrogen-bond donors (Lipinski definition) is 2. The SMILES string of the molecule is NCc1cc(CN2CCCCC2CCO)ccn1. The van der Waals surface area contributed by atoms with Gasteiger partial charge in [-0.15, -0.1) is 0 Å². The molecule has 4 heteroatoms. The molecular weight excluding hydrogens is 226 g/mol. The highest BCUT2D eigenvalue weighted by Crippen LogP contribution is 2.21. The maximum atomic E-state index is 9.13. The lowest BCUT2D eigenvalue weighted by Crippen LogP contribution is -2.39. The van der Waals surface area contributed by atoms with Crippen LogP contribution in [0.25, 0.3) is 0 Å². The smallest absolute Gasteiger partial charge is 0.0542 e. The van der Waals surface area contributed by atoms with Gasteiger partial charge >= 0.3 is 0 Å². The van der Waals surface area contributed by atoms with Crippen molar-refractivity contribution >= 4 is 0 Å². The molecule has 18 heavy (non-hydrogen) atoms. The van der Waals surface area contributed by atoms with Crippen molar-refractivity contribution in [3.8, 4) is 0 Å². The molecule has 0 aliphatic carbocycles. The number of hydrogen-bond acceptors (Lipinski definition) is 4. The molecule has 100 valence electrons. The second-order valence-electron chi connectivity index (χ2n) is 4.99. The Labute approximate surface area is 109 Å². The number of piperidine rings is 1. The molecule has 1 unspecified atom stereocenters. The van der Waals surface area contributed by atoms with E-state index in [4.69, 9.17) is 10.8 Å². The van der Waals surface area contributed by atoms with Gasteiger partial charge < -0.3 is 10.8 Å². The van der Waals surface area contributed by atoms with E-state index in [1.54, 1.807) is 0 Å². The van der Waals surface area contributed by atoms with Crippen molar-refractivity contribution < 1.29 is 5.11 Å². The Hall–Kier alpha value is -0.970. The number of likely N-dealkylation sites (tertiary alicyclic amines) is 1. The quantitative estimate of drug-likeness (QED) is 0.825. The topological polar surface area (TPSA) is 62.4 Å². The molecule has 0 spiro atoms. The van der Waals surface area contributed by atoms with Gasteiger partial charge in [-0.25, -0.2) is 0 Å². The van der Waals surface area contributed by atoms with Crippen LogP contribution in [0.2, 0.25) is 0 Å². The van der Waals surface area contributed by atoms with Crippen LogP contribution in [0.5, 0.6) is 0 Å². The number of nitrogens with zero attached hydrogens (tertiary/aromatic N) is 2. The Balaban J connectivity index is 2.01. The summed E-state index contributed by atoms with van der Waals surface area (Å²) >= 11 is 0. The van der Waals surface area contributed by atoms with Crippen molar-refractivity contribution in [1.82, 2.24) is 9.88 Å². The summed E-state index contributed by atoms with van der Waals surface area (Å²) in [6, 6.07) is 4.67. The molecule has 1 fully saturated rings. The largest absolute Gasteiger partial charge is 0.396 e. The van der Waals surface area contributed by atoms with Crippen LogP contribution in [-0.2, 0) is 13.1 Å². The average Bonchev–Trinajstić information content (AvgIpc) is 2.41. The fourth-order valence-corrected chi connectivity index (χ4v) is 2.72. The predicted molar refractivity (Wildman–Crippen MR) is 71.9 cm³/mol. The lowest BCUT2D eigenvalue weighted by molar-refractivity contribution is 0.112. The minimum absolute atomic E-state index is 0.283. The average molecular weight is 249 g/mol. The number of nitrogens with two attached hydrogens (primary N) is 1. The second-order valence-corrected chi connectivity index (χ2v) is 4.99. The Morgan fingerprint density at radius 1 is 1.44 bits per heavy atom. The van der Waals surface area contributed by atoms with Crippen molar-refractivity contribution in [3.63, 3.8) is 0 Å². The van der Waals surface area contributed by atoms with Crippen molar-refractivity contribution in [2.24, 2.45) is 5.73 Å². The lowest BCUT2D eigenvalue weighted by Gasteiger charge is -2.35. The molecule has 0 radical (unpaired) electrons. The predicted octanol–water partition coefficient (Wildman–Crippen LogP) is 1.28. The molecular formula is C14H23N3O. The zero-order chi connectivity index (χ0) is 12.8. The molecule has 1 aliphatic rings. The summed E-state index contributed by atoms with van der Waals surface area (Å²) < 4.78 is 0. The first-order chi connectivity index (χ1) is 8.83. The van der Waals surface area contributed by atoms with E-state index in [1.807, 2.05) is 6.20 Å². The third-order valence-electron chi connectivity index (χ3n) is 3.69. The van der Waals surface area contributed by atoms with Gasteiger partial charge in [-0.3, -0.25) is 9.88 Å². The number of aliphatic hydroxyl groups excluding tert-OH is 1. The summed E-state index contributed by atoms with van der Waals surface area (Å²) in [7, 11) is 0. The van der Waals surface area contributed by atoms with Gasteiger partial charge in [0.15, 0.2) is 0 Å². The maximum absolute atomic E-state index is 9.13. The summed E-state index contributed by atoms with van der Waals surface area (Å²) in [5.41, 5.74) is 7.84. The van der Waals surface area contributed by atoms with E-state index < -0.39 is 0 Å². The maximum Gasteiger partial charge on any atom is 0.0542 e. The summed E-state index contributed by atoms with van der Waals surface area (Å²) in [4.78, 5) is 6.70. The summed E-state index contributed by atoms with van der Waals surface area (Å²) in [5, 5.41) is 9.13. The van der Waals surface area contributed by atoms with E-state index in [-0.39, 0.29) is 6.61 Å². The number of aromatic nitrogens is 1. The van der Waals surface area contributed by atoms with E-state index in [1.165, 1.54) is 24.8 Å². The third-order valence-corrected chi connectivity index (χ3v) is 3.69. The van der Waals surface area contributed by atoms with Crippen LogP contribution in [0, 0.1) is 0 Å². The minimum atomic E-state index is 0.283. The van der Waals surface area contributed by atoms with E-state index in [9.17, 15) is 0 Å². The van der Waals surface area contributed by atoms with E-state index in [0.717, 1.165) is 25.2 Å². The zero-order valence-corrected chi connectivity index (χ0v) is 10.9. The summed E-state index contributed by atoms with van der Waals surface area (Å²) in [6.45, 7) is 2.85. The van der Waals surface area contributed by atoms with Crippen LogP contribution in [0.15, 0.2) is 18.3 Å². The molecule has 0 bridgehead atoms. The highest BCUT2D eigenvalue weighted by molar-refractivity contribution is 5.16. The van der Waals surface area contributed by atoms with Gasteiger partial charge in [0.25, 0.3) is 0 Å². The van der Waals surface area contributed by atoms with Crippen LogP contribution in [0.4, 0.5) is 0 Å². The van der Waals surface area contributed by atoms with Crippen LogP contribution >= 0.6 is 0 Å². The van der Waals surface area contributed by atoms with Gasteiger partial charge in [-0.2, -0.15) is 0 Å². The summed E-state index contributed by atoms with van der Waals surface area (Å²) in [5.74, 6) is 0. The molecule has 0 saturated carbocycles. The standard InChI is InChI=1S/C14H23N3O/c15-10-13-9-12(4-6-16-13)11-17-7-2-1-3-14(17)5-8-18/h4,6,9,14,18H,1-3,5,7-8,10-11,15H2. The van der Waals surface area contributed by atoms with Crippen molar-refractivity contribution in [2.75, 3.05) is 13.2 Å². The normalized spacial score (nSPS) is 21.1. The molecule has 2 heterocycles. The van der Waals surface area contributed by atoms with Gasteiger partial charge in [-0.1, -0.05) is 6.42 Å². The van der Waals surface area contributed by atoms with Crippen LogP contribution in [0.3, 0.4) is 0 Å². The molecule has 1 atom stereocenters. The molecule has 1 aromatic heterocycles. The van der Waals surface area contributed by atoms with E-state index >= 15 is 0 Å². The van der Waals surface area contributed by atoms with Crippen molar-refractivity contribution in [3.05, 3.63) is 29.6 Å². The van der Waals surface area contributed by atoms with Crippen molar-refractivity contribution in [2.45, 2.75) is 44.8 Å². The van der Waals surface area contributed by atoms with E-state index in [2.05, 4.69) is 22.0 Å². The first-order valence-corrected chi connectivity index (χ1v) is 6.82. The fraction of sp³-hybridized carbons (Fsp3) is 0.643. The molecule has 4 nitrogen and oxygen atoms in total. The number of rotatable bonds is 5. The third kappa shape index (κ3) is 3.51. The molecule has 1 aromatic rings. The first-order valence-electron chi connectivity index (χ1n) is 6.82. The molecule has 0 aromatic carbocycles. The highest BCUT2D eigenvalue weighted by Gasteiger charge is 2.21. The Morgan fingerprint density at radius 2 is 2.33 bits per heavy atom. The zero-order valence-electron chi connectivity index (χ0n) is 10.9. The molecule has 0 amide bonds. The Kier molecular flexibility index (Phi) is 5.11. The molecule has 1 saturated heterocycles. The minimum Gasteiger partial charge on any atom is -0.396 e.